The van der Waals surface area contributed by atoms with Crippen LogP contribution >= 0.6 is 0 Å². The standard InChI is InChI=1S/C14H21NO3/c1-16-14(12-18-17-2)8-9-15(11-14)10-13-6-4-3-5-7-13/h3-7H,8-12H2,1-2H3. The molecule has 0 radical (unpaired) electrons. The quantitative estimate of drug-likeness (QED) is 0.570. The third-order valence-corrected chi connectivity index (χ3v) is 3.52. The SMILES string of the molecule is COOCC1(OC)CCN(Cc2ccccc2)C1. The summed E-state index contributed by atoms with van der Waals surface area (Å²) in [4.78, 5) is 12.1. The third-order valence-electron chi connectivity index (χ3n) is 3.52. The molecule has 100 valence electrons. The number of likely N-dealkylation sites (tertiary alicyclic amines) is 1. The van der Waals surface area contributed by atoms with Gasteiger partial charge >= 0.3 is 0 Å². The summed E-state index contributed by atoms with van der Waals surface area (Å²) in [5.41, 5.74) is 1.10. The summed E-state index contributed by atoms with van der Waals surface area (Å²) >= 11 is 0. The van der Waals surface area contributed by atoms with Gasteiger partial charge in [0, 0.05) is 26.7 Å². The first-order valence-electron chi connectivity index (χ1n) is 6.25. The van der Waals surface area contributed by atoms with Crippen molar-refractivity contribution in [3.63, 3.8) is 0 Å². The van der Waals surface area contributed by atoms with Crippen molar-refractivity contribution in [3.8, 4) is 0 Å². The maximum Gasteiger partial charge on any atom is 0.112 e. The molecule has 18 heavy (non-hydrogen) atoms. The van der Waals surface area contributed by atoms with Gasteiger partial charge in [0.15, 0.2) is 0 Å². The molecule has 1 atom stereocenters. The van der Waals surface area contributed by atoms with E-state index in [1.54, 1.807) is 7.11 Å². The van der Waals surface area contributed by atoms with Gasteiger partial charge in [0.1, 0.15) is 12.2 Å². The van der Waals surface area contributed by atoms with Crippen molar-refractivity contribution >= 4 is 0 Å². The van der Waals surface area contributed by atoms with Crippen molar-refractivity contribution in [2.45, 2.75) is 18.6 Å². The van der Waals surface area contributed by atoms with Crippen LogP contribution in [-0.2, 0) is 21.1 Å². The van der Waals surface area contributed by atoms with Gasteiger partial charge in [0.25, 0.3) is 0 Å². The normalized spacial score (nSPS) is 24.6. The Morgan fingerprint density at radius 1 is 1.22 bits per heavy atom. The molecule has 0 aliphatic carbocycles. The Kier molecular flexibility index (Phi) is 4.72. The minimum atomic E-state index is -0.231. The number of hydrogen-bond donors (Lipinski definition) is 0. The summed E-state index contributed by atoms with van der Waals surface area (Å²) in [5.74, 6) is 0. The van der Waals surface area contributed by atoms with Gasteiger partial charge in [-0.1, -0.05) is 30.3 Å². The highest BCUT2D eigenvalue weighted by Crippen LogP contribution is 2.26. The van der Waals surface area contributed by atoms with Crippen LogP contribution in [0, 0.1) is 0 Å². The van der Waals surface area contributed by atoms with Crippen LogP contribution < -0.4 is 0 Å². The van der Waals surface area contributed by atoms with Crippen LogP contribution in [0.3, 0.4) is 0 Å². The number of benzene rings is 1. The van der Waals surface area contributed by atoms with Crippen LogP contribution in [0.25, 0.3) is 0 Å². The number of methoxy groups -OCH3 is 1. The zero-order valence-corrected chi connectivity index (χ0v) is 11.1. The summed E-state index contributed by atoms with van der Waals surface area (Å²) in [6.07, 6.45) is 0.972. The topological polar surface area (TPSA) is 30.9 Å². The Balaban J connectivity index is 1.90. The van der Waals surface area contributed by atoms with E-state index in [4.69, 9.17) is 9.62 Å². The molecule has 1 heterocycles. The van der Waals surface area contributed by atoms with Gasteiger partial charge in [-0.3, -0.25) is 4.90 Å². The second-order valence-electron chi connectivity index (χ2n) is 4.76. The molecule has 1 aliphatic heterocycles. The van der Waals surface area contributed by atoms with Crippen molar-refractivity contribution in [2.75, 3.05) is 33.9 Å². The molecule has 0 N–H and O–H groups in total. The lowest BCUT2D eigenvalue weighted by Crippen LogP contribution is -2.39. The van der Waals surface area contributed by atoms with Gasteiger partial charge in [0.05, 0.1) is 7.11 Å². The summed E-state index contributed by atoms with van der Waals surface area (Å²) < 4.78 is 5.62. The molecular weight excluding hydrogens is 230 g/mol. The molecule has 1 aromatic carbocycles. The first-order chi connectivity index (χ1) is 8.78. The Bertz CT molecular complexity index is 357. The first kappa shape index (κ1) is 13.5. The summed E-state index contributed by atoms with van der Waals surface area (Å²) in [5, 5.41) is 0. The van der Waals surface area contributed by atoms with E-state index in [2.05, 4.69) is 34.1 Å². The van der Waals surface area contributed by atoms with E-state index < -0.39 is 0 Å². The maximum atomic E-state index is 5.62. The molecule has 0 aromatic heterocycles. The maximum absolute atomic E-state index is 5.62. The molecule has 1 aliphatic rings. The van der Waals surface area contributed by atoms with E-state index in [-0.39, 0.29) is 5.60 Å². The fourth-order valence-electron chi connectivity index (χ4n) is 2.41. The average molecular weight is 251 g/mol. The highest BCUT2D eigenvalue weighted by molar-refractivity contribution is 5.15. The molecule has 1 unspecified atom stereocenters. The minimum absolute atomic E-state index is 0.231. The molecule has 0 spiro atoms. The zero-order valence-electron chi connectivity index (χ0n) is 11.1. The van der Waals surface area contributed by atoms with E-state index >= 15 is 0 Å². The summed E-state index contributed by atoms with van der Waals surface area (Å²) in [6, 6.07) is 10.5. The predicted octanol–water partition coefficient (Wildman–Crippen LogP) is 1.86. The van der Waals surface area contributed by atoms with Crippen molar-refractivity contribution in [1.29, 1.82) is 0 Å². The Hall–Kier alpha value is -0.940. The Morgan fingerprint density at radius 2 is 2.00 bits per heavy atom. The van der Waals surface area contributed by atoms with Gasteiger partial charge in [-0.2, -0.15) is 0 Å². The highest BCUT2D eigenvalue weighted by atomic mass is 17.2. The van der Waals surface area contributed by atoms with Crippen LogP contribution in [0.1, 0.15) is 12.0 Å². The minimum Gasteiger partial charge on any atom is -0.374 e. The van der Waals surface area contributed by atoms with E-state index in [0.717, 1.165) is 26.1 Å². The molecule has 0 saturated carbocycles. The molecule has 2 rings (SSSR count). The summed E-state index contributed by atoms with van der Waals surface area (Å²) in [6.45, 7) is 3.34. The fourth-order valence-corrected chi connectivity index (χ4v) is 2.41. The van der Waals surface area contributed by atoms with Crippen molar-refractivity contribution in [1.82, 2.24) is 4.90 Å². The van der Waals surface area contributed by atoms with E-state index in [1.165, 1.54) is 12.7 Å². The van der Waals surface area contributed by atoms with E-state index in [9.17, 15) is 0 Å². The smallest absolute Gasteiger partial charge is 0.112 e. The predicted molar refractivity (Wildman–Crippen MR) is 69.0 cm³/mol. The monoisotopic (exact) mass is 251 g/mol. The average Bonchev–Trinajstić information content (AvgIpc) is 2.82. The molecular formula is C14H21NO3. The first-order valence-corrected chi connectivity index (χ1v) is 6.25. The summed E-state index contributed by atoms with van der Waals surface area (Å²) in [7, 11) is 3.27. The number of ether oxygens (including phenoxy) is 1. The van der Waals surface area contributed by atoms with E-state index in [0.29, 0.717) is 6.61 Å². The van der Waals surface area contributed by atoms with E-state index in [1.807, 2.05) is 6.07 Å². The van der Waals surface area contributed by atoms with Crippen LogP contribution in [0.5, 0.6) is 0 Å². The van der Waals surface area contributed by atoms with Gasteiger partial charge < -0.3 is 4.74 Å². The molecule has 0 amide bonds. The molecule has 4 heteroatoms. The largest absolute Gasteiger partial charge is 0.374 e. The fraction of sp³-hybridized carbons (Fsp3) is 0.571. The number of nitrogens with zero attached hydrogens (tertiary/aromatic N) is 1. The third kappa shape index (κ3) is 3.29. The van der Waals surface area contributed by atoms with Crippen LogP contribution in [0.2, 0.25) is 0 Å². The van der Waals surface area contributed by atoms with Crippen LogP contribution in [0.15, 0.2) is 30.3 Å². The number of hydrogen-bond acceptors (Lipinski definition) is 4. The number of rotatable bonds is 6. The zero-order chi connectivity index (χ0) is 12.8. The molecule has 1 aromatic rings. The van der Waals surface area contributed by atoms with Gasteiger partial charge in [-0.15, -0.1) is 0 Å². The van der Waals surface area contributed by atoms with Gasteiger partial charge in [0.2, 0.25) is 0 Å². The van der Waals surface area contributed by atoms with Crippen molar-refractivity contribution in [2.24, 2.45) is 0 Å². The van der Waals surface area contributed by atoms with Crippen LogP contribution in [0.4, 0.5) is 0 Å². The van der Waals surface area contributed by atoms with Crippen molar-refractivity contribution < 1.29 is 14.5 Å². The molecule has 0 bridgehead atoms. The second-order valence-corrected chi connectivity index (χ2v) is 4.76. The van der Waals surface area contributed by atoms with Gasteiger partial charge in [-0.05, 0) is 12.0 Å². The lowest BCUT2D eigenvalue weighted by Gasteiger charge is -2.26. The molecule has 1 saturated heterocycles. The lowest BCUT2D eigenvalue weighted by molar-refractivity contribution is -0.298. The van der Waals surface area contributed by atoms with Gasteiger partial charge in [-0.25, -0.2) is 9.78 Å². The lowest BCUT2D eigenvalue weighted by atomic mass is 10.1. The second kappa shape index (κ2) is 6.29. The van der Waals surface area contributed by atoms with Crippen molar-refractivity contribution in [3.05, 3.63) is 35.9 Å². The molecule has 4 nitrogen and oxygen atoms in total. The Labute approximate surface area is 108 Å². The highest BCUT2D eigenvalue weighted by Gasteiger charge is 2.38. The van der Waals surface area contributed by atoms with Crippen LogP contribution in [-0.4, -0.2) is 44.4 Å². The Morgan fingerprint density at radius 3 is 2.67 bits per heavy atom. The molecule has 1 fully saturated rings.